The van der Waals surface area contributed by atoms with Crippen LogP contribution in [0.3, 0.4) is 0 Å². The Kier molecular flexibility index (Phi) is 8.82. The topological polar surface area (TPSA) is 84.5 Å². The summed E-state index contributed by atoms with van der Waals surface area (Å²) < 4.78 is 5.28. The molecule has 8 heteroatoms. The summed E-state index contributed by atoms with van der Waals surface area (Å²) >= 11 is 2.90. The van der Waals surface area contributed by atoms with E-state index in [4.69, 9.17) is 4.74 Å². The number of thioether (sulfide) groups is 1. The molecule has 2 aromatic rings. The Morgan fingerprint density at radius 3 is 2.59 bits per heavy atom. The summed E-state index contributed by atoms with van der Waals surface area (Å²) in [5, 5.41) is 6.12. The van der Waals surface area contributed by atoms with Crippen molar-refractivity contribution in [2.75, 3.05) is 17.2 Å². The largest absolute Gasteiger partial charge is 0.462 e. The highest BCUT2D eigenvalue weighted by atomic mass is 32.2. The minimum Gasteiger partial charge on any atom is -0.462 e. The van der Waals surface area contributed by atoms with Gasteiger partial charge in [-0.2, -0.15) is 0 Å². The van der Waals surface area contributed by atoms with Gasteiger partial charge in [0, 0.05) is 21.9 Å². The van der Waals surface area contributed by atoms with Gasteiger partial charge in [0.05, 0.1) is 17.4 Å². The van der Waals surface area contributed by atoms with Gasteiger partial charge in [0.2, 0.25) is 11.8 Å². The number of aryl methyl sites for hydroxylation is 1. The third-order valence-electron chi connectivity index (χ3n) is 5.38. The van der Waals surface area contributed by atoms with E-state index in [0.29, 0.717) is 29.3 Å². The van der Waals surface area contributed by atoms with Crippen molar-refractivity contribution in [3.8, 4) is 0 Å². The van der Waals surface area contributed by atoms with E-state index >= 15 is 0 Å². The summed E-state index contributed by atoms with van der Waals surface area (Å²) in [6, 6.07) is 7.51. The smallest absolute Gasteiger partial charge is 0.341 e. The van der Waals surface area contributed by atoms with Gasteiger partial charge in [-0.25, -0.2) is 4.79 Å². The highest BCUT2D eigenvalue weighted by molar-refractivity contribution is 8.00. The van der Waals surface area contributed by atoms with Crippen LogP contribution in [0.25, 0.3) is 0 Å². The molecule has 2 amide bonds. The summed E-state index contributed by atoms with van der Waals surface area (Å²) in [7, 11) is 0. The van der Waals surface area contributed by atoms with Gasteiger partial charge in [0.1, 0.15) is 5.00 Å². The number of ether oxygens (including phenoxy) is 1. The van der Waals surface area contributed by atoms with Crippen molar-refractivity contribution in [3.63, 3.8) is 0 Å². The molecule has 1 heterocycles. The highest BCUT2D eigenvalue weighted by Crippen LogP contribution is 2.39. The first-order valence-electron chi connectivity index (χ1n) is 11.8. The lowest BCUT2D eigenvalue weighted by atomic mass is 9.92. The molecule has 1 aliphatic rings. The fraction of sp³-hybridized carbons (Fsp3) is 0.500. The molecular weight excluding hydrogens is 468 g/mol. The van der Waals surface area contributed by atoms with E-state index in [2.05, 4.69) is 10.6 Å². The molecular formula is C26H34N2O4S2. The Bertz CT molecular complexity index is 1060. The maximum atomic E-state index is 13.0. The van der Waals surface area contributed by atoms with Crippen molar-refractivity contribution >= 4 is 51.6 Å². The number of rotatable bonds is 8. The van der Waals surface area contributed by atoms with E-state index in [9.17, 15) is 14.4 Å². The molecule has 0 fully saturated rings. The standard InChI is InChI=1S/C26H34N2O4S2/c1-6-32-25(31)22-19-12-7-8-13-20(19)34-24(22)28-23(30)16(2)33-18-11-9-10-17(14-18)27-21(29)15-26(3,4)5/h9-11,14,16H,6-8,12-13,15H2,1-5H3,(H,27,29)(H,28,30). The zero-order chi connectivity index (χ0) is 24.9. The summed E-state index contributed by atoms with van der Waals surface area (Å²) in [4.78, 5) is 40.0. The first-order chi connectivity index (χ1) is 16.1. The van der Waals surface area contributed by atoms with E-state index < -0.39 is 5.25 Å². The fourth-order valence-electron chi connectivity index (χ4n) is 3.88. The maximum absolute atomic E-state index is 13.0. The van der Waals surface area contributed by atoms with E-state index in [1.165, 1.54) is 28.0 Å². The van der Waals surface area contributed by atoms with Gasteiger partial charge in [-0.3, -0.25) is 9.59 Å². The number of thiophene rings is 1. The molecule has 1 unspecified atom stereocenters. The number of benzene rings is 1. The molecule has 184 valence electrons. The van der Waals surface area contributed by atoms with Gasteiger partial charge in [0.15, 0.2) is 0 Å². The van der Waals surface area contributed by atoms with Crippen LogP contribution < -0.4 is 10.6 Å². The number of hydrogen-bond acceptors (Lipinski definition) is 6. The van der Waals surface area contributed by atoms with Crippen LogP contribution in [-0.4, -0.2) is 29.6 Å². The number of fused-ring (bicyclic) bond motifs is 1. The molecule has 2 N–H and O–H groups in total. The van der Waals surface area contributed by atoms with E-state index in [-0.39, 0.29) is 23.2 Å². The molecule has 0 aliphatic heterocycles. The Morgan fingerprint density at radius 1 is 1.15 bits per heavy atom. The second kappa shape index (κ2) is 11.4. The van der Waals surface area contributed by atoms with Crippen molar-refractivity contribution in [2.24, 2.45) is 5.41 Å². The third-order valence-corrected chi connectivity index (χ3v) is 7.68. The lowest BCUT2D eigenvalue weighted by Gasteiger charge is -2.17. The summed E-state index contributed by atoms with van der Waals surface area (Å²) in [5.41, 5.74) is 2.17. The second-order valence-electron chi connectivity index (χ2n) is 9.70. The van der Waals surface area contributed by atoms with Crippen molar-refractivity contribution in [2.45, 2.75) is 76.9 Å². The zero-order valence-electron chi connectivity index (χ0n) is 20.6. The van der Waals surface area contributed by atoms with Crippen molar-refractivity contribution in [1.82, 2.24) is 0 Å². The van der Waals surface area contributed by atoms with Gasteiger partial charge < -0.3 is 15.4 Å². The van der Waals surface area contributed by atoms with E-state index in [0.717, 1.165) is 36.1 Å². The first-order valence-corrected chi connectivity index (χ1v) is 13.5. The lowest BCUT2D eigenvalue weighted by molar-refractivity contribution is -0.118. The maximum Gasteiger partial charge on any atom is 0.341 e. The quantitative estimate of drug-likeness (QED) is 0.327. The molecule has 0 radical (unpaired) electrons. The van der Waals surface area contributed by atoms with Gasteiger partial charge in [-0.05, 0) is 68.7 Å². The number of carbonyl (C=O) groups is 3. The molecule has 1 atom stereocenters. The van der Waals surface area contributed by atoms with Crippen LogP contribution in [-0.2, 0) is 27.2 Å². The molecule has 3 rings (SSSR count). The Balaban J connectivity index is 1.69. The van der Waals surface area contributed by atoms with Crippen LogP contribution in [0.2, 0.25) is 0 Å². The number of anilines is 2. The average Bonchev–Trinajstić information content (AvgIpc) is 3.10. The number of hydrogen-bond donors (Lipinski definition) is 2. The summed E-state index contributed by atoms with van der Waals surface area (Å²) in [6.45, 7) is 9.99. The predicted molar refractivity (Wildman–Crippen MR) is 140 cm³/mol. The van der Waals surface area contributed by atoms with Gasteiger partial charge >= 0.3 is 5.97 Å². The second-order valence-corrected chi connectivity index (χ2v) is 12.2. The monoisotopic (exact) mass is 502 g/mol. The normalized spacial score (nSPS) is 14.1. The molecule has 0 saturated carbocycles. The number of amides is 2. The number of carbonyl (C=O) groups excluding carboxylic acids is 3. The molecule has 1 aromatic carbocycles. The molecule has 0 saturated heterocycles. The number of nitrogens with one attached hydrogen (secondary N) is 2. The Morgan fingerprint density at radius 2 is 1.88 bits per heavy atom. The summed E-state index contributed by atoms with van der Waals surface area (Å²) in [6.07, 6.45) is 4.33. The van der Waals surface area contributed by atoms with Crippen LogP contribution in [0.1, 0.15) is 74.7 Å². The van der Waals surface area contributed by atoms with Crippen molar-refractivity contribution in [1.29, 1.82) is 0 Å². The highest BCUT2D eigenvalue weighted by Gasteiger charge is 2.28. The first kappa shape index (κ1) is 26.3. The SMILES string of the molecule is CCOC(=O)c1c(NC(=O)C(C)Sc2cccc(NC(=O)CC(C)(C)C)c2)sc2c1CCCC2. The fourth-order valence-corrected chi connectivity index (χ4v) is 6.09. The van der Waals surface area contributed by atoms with Gasteiger partial charge in [-0.15, -0.1) is 23.1 Å². The minimum atomic E-state index is -0.394. The van der Waals surface area contributed by atoms with Crippen LogP contribution in [0, 0.1) is 5.41 Å². The van der Waals surface area contributed by atoms with E-state index in [1.807, 2.05) is 52.0 Å². The van der Waals surface area contributed by atoms with Crippen LogP contribution in [0.4, 0.5) is 10.7 Å². The van der Waals surface area contributed by atoms with Crippen LogP contribution >= 0.6 is 23.1 Å². The molecule has 6 nitrogen and oxygen atoms in total. The molecule has 34 heavy (non-hydrogen) atoms. The van der Waals surface area contributed by atoms with Crippen molar-refractivity contribution in [3.05, 3.63) is 40.3 Å². The lowest BCUT2D eigenvalue weighted by Crippen LogP contribution is -2.23. The predicted octanol–water partition coefficient (Wildman–Crippen LogP) is 6.30. The Hall–Kier alpha value is -2.32. The molecule has 1 aliphatic carbocycles. The van der Waals surface area contributed by atoms with Gasteiger partial charge in [-0.1, -0.05) is 26.8 Å². The number of esters is 1. The average molecular weight is 503 g/mol. The molecule has 0 spiro atoms. The Labute approximate surface area is 210 Å². The van der Waals surface area contributed by atoms with Crippen molar-refractivity contribution < 1.29 is 19.1 Å². The van der Waals surface area contributed by atoms with Crippen LogP contribution in [0.5, 0.6) is 0 Å². The van der Waals surface area contributed by atoms with Crippen LogP contribution in [0.15, 0.2) is 29.2 Å². The minimum absolute atomic E-state index is 0.0337. The summed E-state index contributed by atoms with van der Waals surface area (Å²) in [5.74, 6) is -0.568. The molecule has 1 aromatic heterocycles. The van der Waals surface area contributed by atoms with E-state index in [1.54, 1.807) is 6.92 Å². The zero-order valence-corrected chi connectivity index (χ0v) is 22.2. The molecule has 0 bridgehead atoms. The third kappa shape index (κ3) is 7.09. The van der Waals surface area contributed by atoms with Gasteiger partial charge in [0.25, 0.3) is 0 Å².